The second kappa shape index (κ2) is 7.82. The van der Waals surface area contributed by atoms with Gasteiger partial charge >= 0.3 is 0 Å². The molecule has 0 saturated carbocycles. The number of ether oxygens (including phenoxy) is 1. The average Bonchev–Trinajstić information content (AvgIpc) is 2.52. The van der Waals surface area contributed by atoms with Crippen LogP contribution in [0.25, 0.3) is 0 Å². The second-order valence-corrected chi connectivity index (χ2v) is 6.35. The summed E-state index contributed by atoms with van der Waals surface area (Å²) in [6, 6.07) is 16.0. The molecule has 1 atom stereocenters. The van der Waals surface area contributed by atoms with Gasteiger partial charge in [0, 0.05) is 15.7 Å². The first-order valence-electron chi connectivity index (χ1n) is 6.46. The highest BCUT2D eigenvalue weighted by atomic mass is 35.5. The monoisotopic (exact) mass is 319 g/mol. The van der Waals surface area contributed by atoms with Crippen molar-refractivity contribution in [3.63, 3.8) is 0 Å². The Bertz CT molecular complexity index is 647. The van der Waals surface area contributed by atoms with Crippen molar-refractivity contribution in [2.24, 2.45) is 0 Å². The molecule has 0 saturated heterocycles. The van der Waals surface area contributed by atoms with E-state index < -0.39 is 10.8 Å². The van der Waals surface area contributed by atoms with E-state index in [9.17, 15) is 4.21 Å². The molecule has 2 aromatic rings. The third kappa shape index (κ3) is 4.89. The standard InChI is InChI=1S/C16H14ClNO2S/c17-14-4-8-16(9-5-14)21(19)11-1-10-20-15-6-2-13(12-18)3-7-15/h2-9H,1,10-11H2. The highest BCUT2D eigenvalue weighted by Gasteiger charge is 2.04. The molecule has 5 heteroatoms. The average molecular weight is 320 g/mol. The predicted molar refractivity (Wildman–Crippen MR) is 84.0 cm³/mol. The zero-order valence-electron chi connectivity index (χ0n) is 11.3. The summed E-state index contributed by atoms with van der Waals surface area (Å²) in [6.07, 6.45) is 0.690. The Morgan fingerprint density at radius 2 is 1.76 bits per heavy atom. The van der Waals surface area contributed by atoms with E-state index in [-0.39, 0.29) is 0 Å². The Labute approximate surface area is 131 Å². The van der Waals surface area contributed by atoms with Gasteiger partial charge in [-0.05, 0) is 55.0 Å². The van der Waals surface area contributed by atoms with Crippen LogP contribution in [0.1, 0.15) is 12.0 Å². The first-order chi connectivity index (χ1) is 10.2. The fraction of sp³-hybridized carbons (Fsp3) is 0.188. The van der Waals surface area contributed by atoms with Crippen LogP contribution in [0.4, 0.5) is 0 Å². The van der Waals surface area contributed by atoms with Gasteiger partial charge in [-0.25, -0.2) is 0 Å². The summed E-state index contributed by atoms with van der Waals surface area (Å²) in [6.45, 7) is 0.491. The van der Waals surface area contributed by atoms with Crippen molar-refractivity contribution < 1.29 is 8.95 Å². The van der Waals surface area contributed by atoms with Crippen molar-refractivity contribution in [2.75, 3.05) is 12.4 Å². The molecule has 1 unspecified atom stereocenters. The summed E-state index contributed by atoms with van der Waals surface area (Å²) in [5, 5.41) is 9.33. The Hall–Kier alpha value is -1.83. The van der Waals surface area contributed by atoms with E-state index in [4.69, 9.17) is 21.6 Å². The minimum absolute atomic E-state index is 0.491. The third-order valence-corrected chi connectivity index (χ3v) is 4.51. The highest BCUT2D eigenvalue weighted by Crippen LogP contribution is 2.14. The zero-order valence-corrected chi connectivity index (χ0v) is 12.9. The summed E-state index contributed by atoms with van der Waals surface area (Å²) in [5.74, 6) is 1.25. The van der Waals surface area contributed by atoms with Crippen molar-refractivity contribution in [1.82, 2.24) is 0 Å². The van der Waals surface area contributed by atoms with Gasteiger partial charge in [0.2, 0.25) is 0 Å². The molecule has 0 bridgehead atoms. The van der Waals surface area contributed by atoms with Gasteiger partial charge in [-0.1, -0.05) is 11.6 Å². The molecule has 0 aromatic heterocycles. The lowest BCUT2D eigenvalue weighted by atomic mass is 10.2. The molecular weight excluding hydrogens is 306 g/mol. The van der Waals surface area contributed by atoms with Crippen molar-refractivity contribution >= 4 is 22.4 Å². The van der Waals surface area contributed by atoms with Gasteiger partial charge in [-0.15, -0.1) is 0 Å². The van der Waals surface area contributed by atoms with E-state index in [2.05, 4.69) is 6.07 Å². The molecule has 0 N–H and O–H groups in total. The smallest absolute Gasteiger partial charge is 0.119 e. The van der Waals surface area contributed by atoms with Crippen LogP contribution >= 0.6 is 11.6 Å². The lowest BCUT2D eigenvalue weighted by Crippen LogP contribution is -2.04. The molecule has 0 spiro atoms. The predicted octanol–water partition coefficient (Wildman–Crippen LogP) is 3.79. The van der Waals surface area contributed by atoms with Crippen LogP contribution in [0, 0.1) is 11.3 Å². The lowest BCUT2D eigenvalue weighted by Gasteiger charge is -2.06. The molecule has 2 aromatic carbocycles. The highest BCUT2D eigenvalue weighted by molar-refractivity contribution is 7.85. The SMILES string of the molecule is N#Cc1ccc(OCCCS(=O)c2ccc(Cl)cc2)cc1. The molecule has 0 amide bonds. The molecule has 0 aliphatic carbocycles. The van der Waals surface area contributed by atoms with Gasteiger partial charge in [-0.2, -0.15) is 5.26 Å². The van der Waals surface area contributed by atoms with Gasteiger partial charge in [-0.3, -0.25) is 4.21 Å². The minimum atomic E-state index is -1.04. The molecule has 0 radical (unpaired) electrons. The van der Waals surface area contributed by atoms with E-state index in [1.807, 2.05) is 0 Å². The zero-order chi connectivity index (χ0) is 15.1. The van der Waals surface area contributed by atoms with Gasteiger partial charge < -0.3 is 4.74 Å². The maximum absolute atomic E-state index is 12.0. The van der Waals surface area contributed by atoms with E-state index in [0.717, 1.165) is 4.90 Å². The number of halogens is 1. The Kier molecular flexibility index (Phi) is 5.79. The maximum atomic E-state index is 12.0. The first-order valence-corrected chi connectivity index (χ1v) is 8.15. The van der Waals surface area contributed by atoms with E-state index in [1.165, 1.54) is 0 Å². The van der Waals surface area contributed by atoms with Crippen LogP contribution in [-0.4, -0.2) is 16.6 Å². The summed E-state index contributed by atoms with van der Waals surface area (Å²) < 4.78 is 17.6. The van der Waals surface area contributed by atoms with E-state index >= 15 is 0 Å². The van der Waals surface area contributed by atoms with Crippen molar-refractivity contribution in [3.05, 3.63) is 59.1 Å². The molecular formula is C16H14ClNO2S. The molecule has 21 heavy (non-hydrogen) atoms. The van der Waals surface area contributed by atoms with Crippen LogP contribution in [0.2, 0.25) is 5.02 Å². The molecule has 0 fully saturated rings. The second-order valence-electron chi connectivity index (χ2n) is 4.34. The largest absolute Gasteiger partial charge is 0.494 e. The van der Waals surface area contributed by atoms with Crippen LogP contribution in [0.3, 0.4) is 0 Å². The lowest BCUT2D eigenvalue weighted by molar-refractivity contribution is 0.318. The molecule has 2 rings (SSSR count). The summed E-state index contributed by atoms with van der Waals surface area (Å²) in [7, 11) is -1.04. The number of hydrogen-bond donors (Lipinski definition) is 0. The fourth-order valence-electron chi connectivity index (χ4n) is 1.71. The van der Waals surface area contributed by atoms with Crippen LogP contribution in [0.5, 0.6) is 5.75 Å². The maximum Gasteiger partial charge on any atom is 0.119 e. The third-order valence-electron chi connectivity index (χ3n) is 2.80. The summed E-state index contributed by atoms with van der Waals surface area (Å²) >= 11 is 5.79. The number of benzene rings is 2. The summed E-state index contributed by atoms with van der Waals surface area (Å²) in [4.78, 5) is 0.776. The van der Waals surface area contributed by atoms with Crippen LogP contribution < -0.4 is 4.74 Å². The topological polar surface area (TPSA) is 50.1 Å². The Balaban J connectivity index is 1.75. The summed E-state index contributed by atoms with van der Waals surface area (Å²) in [5.41, 5.74) is 0.603. The molecule has 108 valence electrons. The van der Waals surface area contributed by atoms with Crippen molar-refractivity contribution in [3.8, 4) is 11.8 Å². The fourth-order valence-corrected chi connectivity index (χ4v) is 2.89. The Morgan fingerprint density at radius 3 is 2.38 bits per heavy atom. The van der Waals surface area contributed by atoms with E-state index in [0.29, 0.717) is 35.1 Å². The van der Waals surface area contributed by atoms with Gasteiger partial charge in [0.15, 0.2) is 0 Å². The number of rotatable bonds is 6. The van der Waals surface area contributed by atoms with Crippen LogP contribution in [0.15, 0.2) is 53.4 Å². The first kappa shape index (κ1) is 15.6. The number of nitriles is 1. The minimum Gasteiger partial charge on any atom is -0.494 e. The van der Waals surface area contributed by atoms with Crippen molar-refractivity contribution in [2.45, 2.75) is 11.3 Å². The molecule has 0 aliphatic heterocycles. The number of hydrogen-bond acceptors (Lipinski definition) is 3. The molecule has 3 nitrogen and oxygen atoms in total. The number of nitrogens with zero attached hydrogens (tertiary/aromatic N) is 1. The molecule has 0 heterocycles. The quantitative estimate of drug-likeness (QED) is 0.761. The Morgan fingerprint density at radius 1 is 1.10 bits per heavy atom. The van der Waals surface area contributed by atoms with Gasteiger partial charge in [0.25, 0.3) is 0 Å². The van der Waals surface area contributed by atoms with Crippen molar-refractivity contribution in [1.29, 1.82) is 5.26 Å². The normalized spacial score (nSPS) is 11.6. The van der Waals surface area contributed by atoms with Gasteiger partial charge in [0.1, 0.15) is 5.75 Å². The van der Waals surface area contributed by atoms with Crippen LogP contribution in [-0.2, 0) is 10.8 Å². The van der Waals surface area contributed by atoms with Gasteiger partial charge in [0.05, 0.1) is 29.0 Å². The molecule has 0 aliphatic rings. The van der Waals surface area contributed by atoms with E-state index in [1.54, 1.807) is 48.5 Å².